The number of azo groups is 1. The number of halogens is 1. The Kier molecular flexibility index (Phi) is 2.88. The third-order valence-corrected chi connectivity index (χ3v) is 2.72. The zero-order chi connectivity index (χ0) is 11.7. The van der Waals surface area contributed by atoms with Gasteiger partial charge in [0.2, 0.25) is 11.0 Å². The lowest BCUT2D eigenvalue weighted by Crippen LogP contribution is -2.01. The molecule has 0 unspecified atom stereocenters. The standard InChI is InChI=1S/C9H7BrN4OS/c10-4-2-1-3-5-6(4)7(8(15)12-5)13-14-9(11)16/h1-3,12,15H,(H2,11,16). The van der Waals surface area contributed by atoms with Crippen molar-refractivity contribution >= 4 is 49.9 Å². The number of nitrogens with zero attached hydrogens (tertiary/aromatic N) is 2. The molecule has 0 spiro atoms. The Morgan fingerprint density at radius 2 is 2.25 bits per heavy atom. The molecule has 82 valence electrons. The molecule has 0 aliphatic heterocycles. The van der Waals surface area contributed by atoms with E-state index in [9.17, 15) is 5.11 Å². The lowest BCUT2D eigenvalue weighted by atomic mass is 10.2. The van der Waals surface area contributed by atoms with E-state index in [-0.39, 0.29) is 11.0 Å². The van der Waals surface area contributed by atoms with Crippen molar-refractivity contribution in [1.29, 1.82) is 0 Å². The van der Waals surface area contributed by atoms with Gasteiger partial charge in [0.25, 0.3) is 0 Å². The fourth-order valence-electron chi connectivity index (χ4n) is 1.37. The molecule has 0 saturated heterocycles. The largest absolute Gasteiger partial charge is 0.493 e. The Morgan fingerprint density at radius 1 is 1.50 bits per heavy atom. The average Bonchev–Trinajstić information content (AvgIpc) is 2.52. The van der Waals surface area contributed by atoms with Gasteiger partial charge in [0.15, 0.2) is 5.69 Å². The molecule has 5 nitrogen and oxygen atoms in total. The van der Waals surface area contributed by atoms with Gasteiger partial charge in [0.1, 0.15) is 0 Å². The minimum atomic E-state index is -0.0826. The summed E-state index contributed by atoms with van der Waals surface area (Å²) in [7, 11) is 0. The maximum Gasteiger partial charge on any atom is 0.218 e. The van der Waals surface area contributed by atoms with E-state index >= 15 is 0 Å². The van der Waals surface area contributed by atoms with Crippen molar-refractivity contribution < 1.29 is 5.11 Å². The molecule has 2 rings (SSSR count). The van der Waals surface area contributed by atoms with Crippen molar-refractivity contribution in [3.05, 3.63) is 22.7 Å². The van der Waals surface area contributed by atoms with Crippen LogP contribution in [0, 0.1) is 0 Å². The highest BCUT2D eigenvalue weighted by Gasteiger charge is 2.12. The molecule has 1 aromatic heterocycles. The van der Waals surface area contributed by atoms with E-state index in [4.69, 9.17) is 5.73 Å². The summed E-state index contributed by atoms with van der Waals surface area (Å²) in [6.07, 6.45) is 0. The molecule has 0 aliphatic carbocycles. The molecule has 7 heteroatoms. The molecular weight excluding hydrogens is 292 g/mol. The monoisotopic (exact) mass is 298 g/mol. The van der Waals surface area contributed by atoms with Crippen LogP contribution in [0.5, 0.6) is 5.88 Å². The van der Waals surface area contributed by atoms with Gasteiger partial charge in [-0.25, -0.2) is 0 Å². The van der Waals surface area contributed by atoms with Crippen LogP contribution in [0.3, 0.4) is 0 Å². The van der Waals surface area contributed by atoms with Crippen LogP contribution in [0.15, 0.2) is 32.9 Å². The normalized spacial score (nSPS) is 11.3. The van der Waals surface area contributed by atoms with Crippen molar-refractivity contribution in [2.24, 2.45) is 16.0 Å². The summed E-state index contributed by atoms with van der Waals surface area (Å²) in [5, 5.41) is 17.7. The molecule has 0 amide bonds. The Hall–Kier alpha value is -1.47. The van der Waals surface area contributed by atoms with Gasteiger partial charge in [0.05, 0.1) is 5.52 Å². The molecule has 4 N–H and O–H groups in total. The molecule has 1 aromatic carbocycles. The van der Waals surface area contributed by atoms with Crippen molar-refractivity contribution in [2.45, 2.75) is 0 Å². The zero-order valence-corrected chi connectivity index (χ0v) is 10.3. The molecule has 0 saturated carbocycles. The maximum atomic E-state index is 9.66. The number of benzene rings is 1. The molecule has 1 heterocycles. The highest BCUT2D eigenvalue weighted by molar-refractivity contribution is 9.10. The van der Waals surface area contributed by atoms with Crippen LogP contribution in [-0.2, 0) is 0 Å². The van der Waals surface area contributed by atoms with Crippen LogP contribution in [0.25, 0.3) is 10.9 Å². The van der Waals surface area contributed by atoms with Gasteiger partial charge < -0.3 is 15.8 Å². The van der Waals surface area contributed by atoms with Crippen LogP contribution in [0.1, 0.15) is 0 Å². The summed E-state index contributed by atoms with van der Waals surface area (Å²) in [4.78, 5) is 2.78. The topological polar surface area (TPSA) is 86.8 Å². The summed E-state index contributed by atoms with van der Waals surface area (Å²) in [5.74, 6) is -0.0677. The first-order valence-electron chi connectivity index (χ1n) is 4.30. The Labute approximate surface area is 104 Å². The number of hydrogen-bond acceptors (Lipinski definition) is 3. The highest BCUT2D eigenvalue weighted by Crippen LogP contribution is 2.39. The number of fused-ring (bicyclic) bond motifs is 1. The van der Waals surface area contributed by atoms with Gasteiger partial charge in [-0.15, -0.1) is 10.2 Å². The van der Waals surface area contributed by atoms with Gasteiger partial charge in [-0.2, -0.15) is 0 Å². The number of aromatic amines is 1. The molecular formula is C9H7BrN4OS. The summed E-state index contributed by atoms with van der Waals surface area (Å²) in [6.45, 7) is 0. The van der Waals surface area contributed by atoms with Crippen LogP contribution in [0.2, 0.25) is 0 Å². The van der Waals surface area contributed by atoms with Crippen molar-refractivity contribution in [3.63, 3.8) is 0 Å². The lowest BCUT2D eigenvalue weighted by Gasteiger charge is -1.94. The van der Waals surface area contributed by atoms with Crippen molar-refractivity contribution in [1.82, 2.24) is 4.98 Å². The number of aromatic nitrogens is 1. The highest BCUT2D eigenvalue weighted by atomic mass is 79.9. The molecule has 2 aromatic rings. The number of aromatic hydroxyl groups is 1. The second-order valence-corrected chi connectivity index (χ2v) is 4.30. The fraction of sp³-hybridized carbons (Fsp3) is 0. The summed E-state index contributed by atoms with van der Waals surface area (Å²) >= 11 is 7.95. The van der Waals surface area contributed by atoms with E-state index in [1.54, 1.807) is 0 Å². The molecule has 0 atom stereocenters. The van der Waals surface area contributed by atoms with Crippen LogP contribution < -0.4 is 5.73 Å². The SMILES string of the molecule is NC(=S)N=Nc1c(O)[nH]c2cccc(Br)c12. The van der Waals surface area contributed by atoms with Crippen LogP contribution in [-0.4, -0.2) is 15.2 Å². The summed E-state index contributed by atoms with van der Waals surface area (Å²) in [5.41, 5.74) is 6.28. The Balaban J connectivity index is 2.68. The predicted molar refractivity (Wildman–Crippen MR) is 69.0 cm³/mol. The molecule has 0 fully saturated rings. The molecule has 0 bridgehead atoms. The number of H-pyrrole nitrogens is 1. The van der Waals surface area contributed by atoms with Crippen molar-refractivity contribution in [3.8, 4) is 5.88 Å². The smallest absolute Gasteiger partial charge is 0.218 e. The minimum Gasteiger partial charge on any atom is -0.493 e. The summed E-state index contributed by atoms with van der Waals surface area (Å²) in [6, 6.07) is 5.51. The zero-order valence-electron chi connectivity index (χ0n) is 7.94. The third kappa shape index (κ3) is 1.91. The van der Waals surface area contributed by atoms with E-state index in [1.165, 1.54) is 0 Å². The average molecular weight is 299 g/mol. The lowest BCUT2D eigenvalue weighted by molar-refractivity contribution is 0.459. The van der Waals surface area contributed by atoms with Crippen molar-refractivity contribution in [2.75, 3.05) is 0 Å². The first kappa shape index (κ1) is 11.0. The van der Waals surface area contributed by atoms with Gasteiger partial charge in [0, 0.05) is 9.86 Å². The van der Waals surface area contributed by atoms with Gasteiger partial charge in [-0.05, 0) is 24.4 Å². The maximum absolute atomic E-state index is 9.66. The van der Waals surface area contributed by atoms with E-state index in [0.717, 1.165) is 15.4 Å². The quantitative estimate of drug-likeness (QED) is 0.559. The van der Waals surface area contributed by atoms with E-state index in [0.29, 0.717) is 5.69 Å². The number of hydrogen-bond donors (Lipinski definition) is 3. The van der Waals surface area contributed by atoms with Gasteiger partial charge in [-0.3, -0.25) is 0 Å². The number of nitrogens with two attached hydrogens (primary N) is 1. The predicted octanol–water partition coefficient (Wildman–Crippen LogP) is 2.96. The number of rotatable bonds is 1. The third-order valence-electron chi connectivity index (χ3n) is 1.98. The minimum absolute atomic E-state index is 0.0677. The van der Waals surface area contributed by atoms with Gasteiger partial charge in [-0.1, -0.05) is 22.0 Å². The number of nitrogens with one attached hydrogen (secondary N) is 1. The Morgan fingerprint density at radius 3 is 2.94 bits per heavy atom. The van der Waals surface area contributed by atoms with E-state index in [1.807, 2.05) is 18.2 Å². The summed E-state index contributed by atoms with van der Waals surface area (Å²) < 4.78 is 0.804. The van der Waals surface area contributed by atoms with E-state index < -0.39 is 0 Å². The molecule has 16 heavy (non-hydrogen) atoms. The molecule has 0 radical (unpaired) electrons. The second kappa shape index (κ2) is 4.18. The second-order valence-electron chi connectivity index (χ2n) is 3.02. The first-order valence-corrected chi connectivity index (χ1v) is 5.50. The van der Waals surface area contributed by atoms with Crippen LogP contribution in [0.4, 0.5) is 5.69 Å². The molecule has 0 aliphatic rings. The fourth-order valence-corrected chi connectivity index (χ4v) is 1.97. The first-order chi connectivity index (χ1) is 7.59. The number of thiocarbonyl (C=S) groups is 1. The van der Waals surface area contributed by atoms with E-state index in [2.05, 4.69) is 43.4 Å². The van der Waals surface area contributed by atoms with Gasteiger partial charge >= 0.3 is 0 Å². The Bertz CT molecular complexity index is 592. The van der Waals surface area contributed by atoms with Crippen LogP contribution >= 0.6 is 28.1 Å².